The van der Waals surface area contributed by atoms with E-state index in [-0.39, 0.29) is 5.38 Å². The molecule has 0 fully saturated rings. The fraction of sp³-hybridized carbons (Fsp3) is 0.250. The monoisotopic (exact) mass is 154 g/mol. The van der Waals surface area contributed by atoms with Crippen LogP contribution in [0.1, 0.15) is 10.9 Å². The highest BCUT2D eigenvalue weighted by Gasteiger charge is 2.20. The van der Waals surface area contributed by atoms with Crippen molar-refractivity contribution in [3.63, 3.8) is 0 Å². The molecule has 0 amide bonds. The average molecular weight is 155 g/mol. The first-order valence-corrected chi connectivity index (χ1v) is 3.67. The third kappa shape index (κ3) is 0.781. The lowest BCUT2D eigenvalue weighted by Gasteiger charge is -1.94. The quantitative estimate of drug-likeness (QED) is 0.522. The van der Waals surface area contributed by atoms with Crippen LogP contribution in [-0.4, -0.2) is 6.61 Å². The van der Waals surface area contributed by atoms with Crippen LogP contribution >= 0.6 is 11.6 Å². The van der Waals surface area contributed by atoms with Gasteiger partial charge < -0.3 is 4.74 Å². The molecule has 52 valence electrons. The first-order chi connectivity index (χ1) is 4.88. The van der Waals surface area contributed by atoms with E-state index < -0.39 is 0 Å². The van der Waals surface area contributed by atoms with Crippen LogP contribution in [0.15, 0.2) is 24.3 Å². The zero-order valence-electron chi connectivity index (χ0n) is 5.38. The number of hydrogen-bond acceptors (Lipinski definition) is 1. The van der Waals surface area contributed by atoms with E-state index in [9.17, 15) is 0 Å². The molecule has 0 spiro atoms. The Balaban J connectivity index is 2.51. The summed E-state index contributed by atoms with van der Waals surface area (Å²) in [7, 11) is 0. The molecule has 10 heavy (non-hydrogen) atoms. The Morgan fingerprint density at radius 3 is 3.00 bits per heavy atom. The number of hydrogen-bond donors (Lipinski definition) is 0. The normalized spacial score (nSPS) is 21.9. The van der Waals surface area contributed by atoms with Crippen LogP contribution < -0.4 is 4.74 Å². The van der Waals surface area contributed by atoms with E-state index in [1.165, 1.54) is 0 Å². The Bertz CT molecular complexity index is 247. The summed E-state index contributed by atoms with van der Waals surface area (Å²) >= 11 is 5.92. The van der Waals surface area contributed by atoms with Crippen molar-refractivity contribution in [1.29, 1.82) is 0 Å². The smallest absolute Gasteiger partial charge is 0.124 e. The molecule has 0 saturated carbocycles. The maximum absolute atomic E-state index is 5.92. The minimum atomic E-state index is 0.0520. The molecule has 0 radical (unpaired) electrons. The average Bonchev–Trinajstić information content (AvgIpc) is 2.34. The van der Waals surface area contributed by atoms with Gasteiger partial charge in [-0.2, -0.15) is 0 Å². The molecule has 0 aromatic heterocycles. The van der Waals surface area contributed by atoms with Crippen molar-refractivity contribution in [2.24, 2.45) is 0 Å². The first kappa shape index (κ1) is 6.05. The van der Waals surface area contributed by atoms with Crippen LogP contribution in [0.2, 0.25) is 0 Å². The first-order valence-electron chi connectivity index (χ1n) is 3.24. The van der Waals surface area contributed by atoms with E-state index in [0.29, 0.717) is 6.61 Å². The molecule has 1 nitrogen and oxygen atoms in total. The second kappa shape index (κ2) is 2.17. The lowest BCUT2D eigenvalue weighted by molar-refractivity contribution is 0.353. The highest BCUT2D eigenvalue weighted by atomic mass is 35.5. The van der Waals surface area contributed by atoms with Gasteiger partial charge in [-0.1, -0.05) is 18.2 Å². The van der Waals surface area contributed by atoms with Crippen molar-refractivity contribution < 1.29 is 4.74 Å². The summed E-state index contributed by atoms with van der Waals surface area (Å²) in [5, 5.41) is 0.0520. The third-order valence-electron chi connectivity index (χ3n) is 1.64. The van der Waals surface area contributed by atoms with Gasteiger partial charge in [0.1, 0.15) is 12.4 Å². The van der Waals surface area contributed by atoms with E-state index in [1.807, 2.05) is 24.3 Å². The molecule has 2 heteroatoms. The number of para-hydroxylation sites is 1. The van der Waals surface area contributed by atoms with Gasteiger partial charge in [-0.15, -0.1) is 11.6 Å². The third-order valence-corrected chi connectivity index (χ3v) is 2.00. The van der Waals surface area contributed by atoms with E-state index in [0.717, 1.165) is 11.3 Å². The summed E-state index contributed by atoms with van der Waals surface area (Å²) in [5.41, 5.74) is 1.11. The van der Waals surface area contributed by atoms with Crippen molar-refractivity contribution in [1.82, 2.24) is 0 Å². The molecule has 2 rings (SSSR count). The zero-order chi connectivity index (χ0) is 6.97. The fourth-order valence-electron chi connectivity index (χ4n) is 1.12. The molecule has 1 aliphatic heterocycles. The molecule has 0 bridgehead atoms. The Hall–Kier alpha value is -0.690. The summed E-state index contributed by atoms with van der Waals surface area (Å²) in [5.74, 6) is 0.933. The van der Waals surface area contributed by atoms with Gasteiger partial charge in [-0.3, -0.25) is 0 Å². The largest absolute Gasteiger partial charge is 0.491 e. The van der Waals surface area contributed by atoms with E-state index in [4.69, 9.17) is 16.3 Å². The lowest BCUT2D eigenvalue weighted by Crippen LogP contribution is -1.90. The SMILES string of the molecule is ClC1COc2ccccc21. The van der Waals surface area contributed by atoms with Crippen LogP contribution in [0.25, 0.3) is 0 Å². The molecule has 0 N–H and O–H groups in total. The predicted molar refractivity (Wildman–Crippen MR) is 40.5 cm³/mol. The van der Waals surface area contributed by atoms with Crippen molar-refractivity contribution in [2.45, 2.75) is 5.38 Å². The number of halogens is 1. The van der Waals surface area contributed by atoms with Crippen molar-refractivity contribution >= 4 is 11.6 Å². The summed E-state index contributed by atoms with van der Waals surface area (Å²) < 4.78 is 5.28. The van der Waals surface area contributed by atoms with Gasteiger partial charge in [-0.05, 0) is 6.07 Å². The summed E-state index contributed by atoms with van der Waals surface area (Å²) in [6.45, 7) is 0.612. The van der Waals surface area contributed by atoms with Crippen molar-refractivity contribution in [3.05, 3.63) is 29.8 Å². The van der Waals surface area contributed by atoms with Crippen molar-refractivity contribution in [2.75, 3.05) is 6.61 Å². The van der Waals surface area contributed by atoms with E-state index >= 15 is 0 Å². The van der Waals surface area contributed by atoms with E-state index in [1.54, 1.807) is 0 Å². The maximum Gasteiger partial charge on any atom is 0.124 e. The van der Waals surface area contributed by atoms with Crippen molar-refractivity contribution in [3.8, 4) is 5.75 Å². The Morgan fingerprint density at radius 1 is 1.40 bits per heavy atom. The van der Waals surface area contributed by atoms with Crippen LogP contribution in [0.5, 0.6) is 5.75 Å². The zero-order valence-corrected chi connectivity index (χ0v) is 6.14. The second-order valence-electron chi connectivity index (χ2n) is 2.32. The van der Waals surface area contributed by atoms with Gasteiger partial charge in [-0.25, -0.2) is 0 Å². The predicted octanol–water partition coefficient (Wildman–Crippen LogP) is 2.36. The molecule has 1 atom stereocenters. The van der Waals surface area contributed by atoms with Gasteiger partial charge in [0.25, 0.3) is 0 Å². The molecule has 1 heterocycles. The maximum atomic E-state index is 5.92. The highest BCUT2D eigenvalue weighted by Crippen LogP contribution is 2.35. The lowest BCUT2D eigenvalue weighted by atomic mass is 10.2. The van der Waals surface area contributed by atoms with Crippen LogP contribution in [-0.2, 0) is 0 Å². The van der Waals surface area contributed by atoms with E-state index in [2.05, 4.69) is 0 Å². The van der Waals surface area contributed by atoms with Crippen LogP contribution in [0.4, 0.5) is 0 Å². The number of fused-ring (bicyclic) bond motifs is 1. The second-order valence-corrected chi connectivity index (χ2v) is 2.84. The minimum absolute atomic E-state index is 0.0520. The molecular weight excluding hydrogens is 148 g/mol. The Kier molecular flexibility index (Phi) is 1.31. The Morgan fingerprint density at radius 2 is 2.20 bits per heavy atom. The van der Waals surface area contributed by atoms with Gasteiger partial charge in [0.2, 0.25) is 0 Å². The summed E-state index contributed by atoms with van der Waals surface area (Å²) in [4.78, 5) is 0. The number of ether oxygens (including phenoxy) is 1. The summed E-state index contributed by atoms with van der Waals surface area (Å²) in [6.07, 6.45) is 0. The molecule has 0 saturated heterocycles. The Labute approximate surface area is 64.6 Å². The standard InChI is InChI=1S/C8H7ClO/c9-7-5-10-8-4-2-1-3-6(7)8/h1-4,7H,5H2. The number of alkyl halides is 1. The molecule has 1 aromatic rings. The van der Waals surface area contributed by atoms with Crippen LogP contribution in [0.3, 0.4) is 0 Å². The van der Waals surface area contributed by atoms with Crippen LogP contribution in [0, 0.1) is 0 Å². The van der Waals surface area contributed by atoms with Gasteiger partial charge >= 0.3 is 0 Å². The molecule has 0 aliphatic carbocycles. The number of benzene rings is 1. The molecular formula is C8H7ClO. The van der Waals surface area contributed by atoms with Gasteiger partial charge in [0.15, 0.2) is 0 Å². The summed E-state index contributed by atoms with van der Waals surface area (Å²) in [6, 6.07) is 7.87. The fourth-order valence-corrected chi connectivity index (χ4v) is 1.37. The topological polar surface area (TPSA) is 9.23 Å². The van der Waals surface area contributed by atoms with Gasteiger partial charge in [0.05, 0.1) is 5.38 Å². The number of rotatable bonds is 0. The highest BCUT2D eigenvalue weighted by molar-refractivity contribution is 6.21. The minimum Gasteiger partial charge on any atom is -0.491 e. The van der Waals surface area contributed by atoms with Gasteiger partial charge in [0, 0.05) is 5.56 Å². The molecule has 1 aliphatic rings. The molecule has 1 aromatic carbocycles. The molecule has 1 unspecified atom stereocenters.